The molecule has 0 radical (unpaired) electrons. The first kappa shape index (κ1) is 28.2. The van der Waals surface area contributed by atoms with E-state index in [0.29, 0.717) is 17.3 Å². The molecule has 0 spiro atoms. The highest BCUT2D eigenvalue weighted by Gasteiger charge is 2.32. The fourth-order valence-electron chi connectivity index (χ4n) is 3.84. The molecule has 0 fully saturated rings. The molecular weight excluding hydrogens is 510 g/mol. The second-order valence-electron chi connectivity index (χ2n) is 8.78. The molecule has 3 aromatic carbocycles. The van der Waals surface area contributed by atoms with Crippen LogP contribution in [-0.4, -0.2) is 44.3 Å². The summed E-state index contributed by atoms with van der Waals surface area (Å²) in [7, 11) is -4.09. The number of hydrogen-bond donors (Lipinski definition) is 1. The van der Waals surface area contributed by atoms with Gasteiger partial charge in [-0.05, 0) is 62.2 Å². The van der Waals surface area contributed by atoms with Crippen molar-refractivity contribution in [3.05, 3.63) is 95.0 Å². The molecule has 3 aromatic rings. The Morgan fingerprint density at radius 2 is 1.65 bits per heavy atom. The number of nitrogens with one attached hydrogen (secondary N) is 1. The lowest BCUT2D eigenvalue weighted by atomic mass is 10.1. The van der Waals surface area contributed by atoms with Crippen LogP contribution in [0.5, 0.6) is 0 Å². The van der Waals surface area contributed by atoms with E-state index >= 15 is 0 Å². The number of aryl methyl sites for hydroxylation is 1. The summed E-state index contributed by atoms with van der Waals surface area (Å²) >= 11 is 6.04. The van der Waals surface area contributed by atoms with Gasteiger partial charge >= 0.3 is 0 Å². The van der Waals surface area contributed by atoms with Crippen molar-refractivity contribution in [2.45, 2.75) is 44.7 Å². The summed E-state index contributed by atoms with van der Waals surface area (Å²) in [5, 5.41) is 3.27. The maximum Gasteiger partial charge on any atom is 0.264 e. The number of carbonyl (C=O) groups is 2. The number of halogens is 1. The molecule has 196 valence electrons. The average Bonchev–Trinajstić information content (AvgIpc) is 2.89. The molecule has 0 bridgehead atoms. The molecule has 1 N–H and O–H groups in total. The van der Waals surface area contributed by atoms with Gasteiger partial charge in [0.25, 0.3) is 10.0 Å². The highest BCUT2D eigenvalue weighted by molar-refractivity contribution is 7.92. The van der Waals surface area contributed by atoms with Crippen LogP contribution in [0.15, 0.2) is 83.8 Å². The van der Waals surface area contributed by atoms with E-state index in [1.807, 2.05) is 38.1 Å². The molecule has 2 amide bonds. The molecular formula is C28H32ClN3O4S. The largest absolute Gasteiger partial charge is 0.354 e. The predicted molar refractivity (Wildman–Crippen MR) is 147 cm³/mol. The lowest BCUT2D eigenvalue weighted by Gasteiger charge is -2.32. The normalized spacial score (nSPS) is 12.0. The van der Waals surface area contributed by atoms with Crippen LogP contribution in [0.3, 0.4) is 0 Å². The third-order valence-corrected chi connectivity index (χ3v) is 7.92. The summed E-state index contributed by atoms with van der Waals surface area (Å²) in [4.78, 5) is 28.1. The lowest BCUT2D eigenvalue weighted by molar-refractivity contribution is -0.139. The van der Waals surface area contributed by atoms with Crippen molar-refractivity contribution < 1.29 is 18.0 Å². The van der Waals surface area contributed by atoms with Crippen LogP contribution in [0.25, 0.3) is 0 Å². The number of anilines is 1. The average molecular weight is 542 g/mol. The van der Waals surface area contributed by atoms with Gasteiger partial charge in [-0.15, -0.1) is 0 Å². The van der Waals surface area contributed by atoms with E-state index in [0.717, 1.165) is 21.9 Å². The van der Waals surface area contributed by atoms with Gasteiger partial charge in [0, 0.05) is 18.1 Å². The number of benzene rings is 3. The van der Waals surface area contributed by atoms with Crippen molar-refractivity contribution in [1.82, 2.24) is 10.2 Å². The predicted octanol–water partition coefficient (Wildman–Crippen LogP) is 4.79. The Bertz CT molecular complexity index is 1310. The highest BCUT2D eigenvalue weighted by atomic mass is 35.5. The monoisotopic (exact) mass is 541 g/mol. The zero-order valence-electron chi connectivity index (χ0n) is 21.2. The van der Waals surface area contributed by atoms with Crippen LogP contribution >= 0.6 is 11.6 Å². The van der Waals surface area contributed by atoms with Crippen molar-refractivity contribution in [1.29, 1.82) is 0 Å². The highest BCUT2D eigenvalue weighted by Crippen LogP contribution is 2.26. The number of amides is 2. The van der Waals surface area contributed by atoms with Crippen LogP contribution in [0, 0.1) is 6.92 Å². The van der Waals surface area contributed by atoms with E-state index in [9.17, 15) is 18.0 Å². The molecule has 0 aliphatic carbocycles. The van der Waals surface area contributed by atoms with E-state index < -0.39 is 28.5 Å². The van der Waals surface area contributed by atoms with Crippen LogP contribution in [0.1, 0.15) is 31.4 Å². The van der Waals surface area contributed by atoms with Gasteiger partial charge in [0.1, 0.15) is 12.6 Å². The lowest BCUT2D eigenvalue weighted by Crippen LogP contribution is -2.51. The molecule has 9 heteroatoms. The van der Waals surface area contributed by atoms with Gasteiger partial charge in [-0.25, -0.2) is 8.42 Å². The second kappa shape index (κ2) is 12.7. The Morgan fingerprint density at radius 1 is 0.973 bits per heavy atom. The molecule has 3 rings (SSSR count). The second-order valence-corrected chi connectivity index (χ2v) is 11.1. The summed E-state index contributed by atoms with van der Waals surface area (Å²) in [6, 6.07) is 21.0. The topological polar surface area (TPSA) is 86.8 Å². The molecule has 7 nitrogen and oxygen atoms in total. The molecule has 0 saturated heterocycles. The molecule has 0 heterocycles. The van der Waals surface area contributed by atoms with Crippen LogP contribution in [0.4, 0.5) is 5.69 Å². The first-order valence-corrected chi connectivity index (χ1v) is 13.9. The van der Waals surface area contributed by atoms with Crippen molar-refractivity contribution in [3.8, 4) is 0 Å². The van der Waals surface area contributed by atoms with Gasteiger partial charge in [0.05, 0.1) is 10.6 Å². The summed E-state index contributed by atoms with van der Waals surface area (Å²) in [6.07, 6.45) is 0.754. The minimum atomic E-state index is -4.09. The minimum Gasteiger partial charge on any atom is -0.354 e. The van der Waals surface area contributed by atoms with E-state index in [1.54, 1.807) is 49.4 Å². The molecule has 0 saturated carbocycles. The Labute approximate surface area is 224 Å². The van der Waals surface area contributed by atoms with Crippen LogP contribution < -0.4 is 9.62 Å². The molecule has 0 unspecified atom stereocenters. The molecule has 0 aromatic heterocycles. The van der Waals surface area contributed by atoms with E-state index in [2.05, 4.69) is 5.32 Å². The van der Waals surface area contributed by atoms with Gasteiger partial charge in [-0.1, -0.05) is 66.6 Å². The maximum absolute atomic E-state index is 13.8. The van der Waals surface area contributed by atoms with E-state index in [1.165, 1.54) is 17.0 Å². The van der Waals surface area contributed by atoms with Crippen molar-refractivity contribution in [2.75, 3.05) is 17.4 Å². The number of hydrogen-bond acceptors (Lipinski definition) is 4. The van der Waals surface area contributed by atoms with Gasteiger partial charge in [0.2, 0.25) is 11.8 Å². The summed E-state index contributed by atoms with van der Waals surface area (Å²) in [6.45, 7) is 5.68. The Balaban J connectivity index is 2.00. The SMILES string of the molecule is CCCNC(=O)[C@H](C)N(Cc1cccc(C)c1)C(=O)CN(c1ccc(Cl)cc1)S(=O)(=O)c1ccccc1. The number of rotatable bonds is 11. The van der Waals surface area contributed by atoms with Crippen molar-refractivity contribution in [3.63, 3.8) is 0 Å². The molecule has 37 heavy (non-hydrogen) atoms. The van der Waals surface area contributed by atoms with E-state index in [-0.39, 0.29) is 17.3 Å². The fraction of sp³-hybridized carbons (Fsp3) is 0.286. The van der Waals surface area contributed by atoms with Crippen LogP contribution in [0.2, 0.25) is 5.02 Å². The van der Waals surface area contributed by atoms with Gasteiger partial charge in [0.15, 0.2) is 0 Å². The summed E-state index contributed by atoms with van der Waals surface area (Å²) in [5.74, 6) is -0.804. The van der Waals surface area contributed by atoms with Gasteiger partial charge < -0.3 is 10.2 Å². The maximum atomic E-state index is 13.8. The number of sulfonamides is 1. The first-order valence-electron chi connectivity index (χ1n) is 12.1. The molecule has 0 aliphatic heterocycles. The van der Waals surface area contributed by atoms with E-state index in [4.69, 9.17) is 11.6 Å². The minimum absolute atomic E-state index is 0.0525. The Hall–Kier alpha value is -3.36. The van der Waals surface area contributed by atoms with Crippen molar-refractivity contribution >= 4 is 39.1 Å². The summed E-state index contributed by atoms with van der Waals surface area (Å²) < 4.78 is 28.4. The first-order chi connectivity index (χ1) is 17.6. The Morgan fingerprint density at radius 3 is 2.27 bits per heavy atom. The molecule has 0 aliphatic rings. The zero-order chi connectivity index (χ0) is 27.0. The third-order valence-electron chi connectivity index (χ3n) is 5.88. The number of carbonyl (C=O) groups excluding carboxylic acids is 2. The summed E-state index contributed by atoms with van der Waals surface area (Å²) in [5.41, 5.74) is 2.15. The van der Waals surface area contributed by atoms with Gasteiger partial charge in [-0.2, -0.15) is 0 Å². The molecule has 1 atom stereocenters. The standard InChI is InChI=1S/C28H32ClN3O4S/c1-4-17-30-28(34)22(3)31(19-23-10-8-9-21(2)18-23)27(33)20-32(25-15-13-24(29)14-16-25)37(35,36)26-11-6-5-7-12-26/h5-16,18,22H,4,17,19-20H2,1-3H3,(H,30,34)/t22-/m0/s1. The van der Waals surface area contributed by atoms with Gasteiger partial charge in [-0.3, -0.25) is 13.9 Å². The third kappa shape index (κ3) is 7.33. The van der Waals surface area contributed by atoms with Crippen molar-refractivity contribution in [2.24, 2.45) is 0 Å². The smallest absolute Gasteiger partial charge is 0.264 e. The van der Waals surface area contributed by atoms with Crippen LogP contribution in [-0.2, 0) is 26.2 Å². The fourth-order valence-corrected chi connectivity index (χ4v) is 5.40. The quantitative estimate of drug-likeness (QED) is 0.378. The Kier molecular flexibility index (Phi) is 9.72. The number of nitrogens with zero attached hydrogens (tertiary/aromatic N) is 2. The zero-order valence-corrected chi connectivity index (χ0v) is 22.8.